The van der Waals surface area contributed by atoms with Crippen LogP contribution in [0, 0.1) is 5.41 Å². The highest BCUT2D eigenvalue weighted by molar-refractivity contribution is 8.93. The van der Waals surface area contributed by atoms with Gasteiger partial charge in [-0.15, -0.1) is 17.0 Å². The highest BCUT2D eigenvalue weighted by Crippen LogP contribution is 2.30. The largest absolute Gasteiger partial charge is 0.330 e. The molecule has 0 aromatic rings. The summed E-state index contributed by atoms with van der Waals surface area (Å²) in [5.74, 6) is 0. The van der Waals surface area contributed by atoms with Gasteiger partial charge in [0.1, 0.15) is 0 Å². The zero-order valence-corrected chi connectivity index (χ0v) is 9.69. The van der Waals surface area contributed by atoms with Crippen molar-refractivity contribution >= 4 is 17.0 Å². The van der Waals surface area contributed by atoms with Gasteiger partial charge in [-0.3, -0.25) is 0 Å². The molecule has 0 bridgehead atoms. The second-order valence-electron chi connectivity index (χ2n) is 4.14. The first-order valence-electron chi connectivity index (χ1n) is 3.80. The summed E-state index contributed by atoms with van der Waals surface area (Å²) in [6, 6.07) is 0. The zero-order chi connectivity index (χ0) is 8.41. The van der Waals surface area contributed by atoms with E-state index in [1.54, 1.807) is 0 Å². The number of rotatable bonds is 3. The first kappa shape index (κ1) is 14.0. The summed E-state index contributed by atoms with van der Waals surface area (Å²) < 4.78 is 0. The second kappa shape index (κ2) is 4.43. The molecule has 4 N–H and O–H groups in total. The van der Waals surface area contributed by atoms with Crippen LogP contribution in [0.25, 0.3) is 0 Å². The molecule has 0 aliphatic carbocycles. The molecule has 0 heterocycles. The SMILES string of the molecule is Br.CC(C)(N)C(C)(C)CCN. The van der Waals surface area contributed by atoms with Gasteiger partial charge < -0.3 is 11.5 Å². The van der Waals surface area contributed by atoms with Crippen LogP contribution in [0.1, 0.15) is 34.1 Å². The van der Waals surface area contributed by atoms with Crippen molar-refractivity contribution in [3.8, 4) is 0 Å². The molecule has 0 rings (SSSR count). The van der Waals surface area contributed by atoms with Gasteiger partial charge in [0.2, 0.25) is 0 Å². The highest BCUT2D eigenvalue weighted by Gasteiger charge is 2.32. The second-order valence-corrected chi connectivity index (χ2v) is 4.14. The summed E-state index contributed by atoms with van der Waals surface area (Å²) in [5, 5.41) is 0. The summed E-state index contributed by atoms with van der Waals surface area (Å²) in [6.07, 6.45) is 0.983. The van der Waals surface area contributed by atoms with Crippen molar-refractivity contribution < 1.29 is 0 Å². The maximum Gasteiger partial charge on any atom is 0.0149 e. The van der Waals surface area contributed by atoms with Gasteiger partial charge in [-0.05, 0) is 32.2 Å². The molecule has 0 saturated carbocycles. The lowest BCUT2D eigenvalue weighted by Gasteiger charge is -2.38. The van der Waals surface area contributed by atoms with E-state index < -0.39 is 0 Å². The molecule has 0 aromatic heterocycles. The lowest BCUT2D eigenvalue weighted by molar-refractivity contribution is 0.190. The van der Waals surface area contributed by atoms with E-state index in [0.29, 0.717) is 6.54 Å². The van der Waals surface area contributed by atoms with Gasteiger partial charge in [-0.1, -0.05) is 13.8 Å². The fourth-order valence-electron chi connectivity index (χ4n) is 0.683. The Morgan fingerprint density at radius 2 is 1.45 bits per heavy atom. The molecule has 0 aliphatic heterocycles. The molecule has 0 spiro atoms. The zero-order valence-electron chi connectivity index (χ0n) is 7.98. The van der Waals surface area contributed by atoms with E-state index in [2.05, 4.69) is 13.8 Å². The van der Waals surface area contributed by atoms with Crippen molar-refractivity contribution in [1.82, 2.24) is 0 Å². The fraction of sp³-hybridized carbons (Fsp3) is 1.00. The molecular weight excluding hydrogens is 204 g/mol. The average molecular weight is 225 g/mol. The topological polar surface area (TPSA) is 52.0 Å². The van der Waals surface area contributed by atoms with Gasteiger partial charge in [-0.2, -0.15) is 0 Å². The Labute approximate surface area is 80.5 Å². The normalized spacial score (nSPS) is 12.5. The standard InChI is InChI=1S/C8H20N2.BrH/c1-7(2,5-6-9)8(3,4)10;/h5-6,9-10H2,1-4H3;1H. The minimum Gasteiger partial charge on any atom is -0.330 e. The van der Waals surface area contributed by atoms with Gasteiger partial charge in [0.15, 0.2) is 0 Å². The fourth-order valence-corrected chi connectivity index (χ4v) is 0.683. The Hall–Kier alpha value is 0.400. The van der Waals surface area contributed by atoms with E-state index in [-0.39, 0.29) is 27.9 Å². The Bertz CT molecular complexity index is 105. The van der Waals surface area contributed by atoms with Crippen LogP contribution in [0.2, 0.25) is 0 Å². The summed E-state index contributed by atoms with van der Waals surface area (Å²) >= 11 is 0. The van der Waals surface area contributed by atoms with E-state index in [9.17, 15) is 0 Å². The molecule has 3 heteroatoms. The van der Waals surface area contributed by atoms with Crippen molar-refractivity contribution in [1.29, 1.82) is 0 Å². The van der Waals surface area contributed by atoms with E-state index >= 15 is 0 Å². The predicted molar refractivity (Wildman–Crippen MR) is 56.0 cm³/mol. The molecule has 0 aliphatic rings. The van der Waals surface area contributed by atoms with Gasteiger partial charge in [0.05, 0.1) is 0 Å². The van der Waals surface area contributed by atoms with Crippen LogP contribution in [0.15, 0.2) is 0 Å². The smallest absolute Gasteiger partial charge is 0.0149 e. The Balaban J connectivity index is 0. The van der Waals surface area contributed by atoms with Crippen molar-refractivity contribution in [3.63, 3.8) is 0 Å². The van der Waals surface area contributed by atoms with Crippen LogP contribution < -0.4 is 11.5 Å². The van der Waals surface area contributed by atoms with Gasteiger partial charge in [0.25, 0.3) is 0 Å². The van der Waals surface area contributed by atoms with Crippen molar-refractivity contribution in [2.45, 2.75) is 39.7 Å². The monoisotopic (exact) mass is 224 g/mol. The minimum atomic E-state index is -0.133. The van der Waals surface area contributed by atoms with Gasteiger partial charge in [-0.25, -0.2) is 0 Å². The Morgan fingerprint density at radius 3 is 1.55 bits per heavy atom. The van der Waals surface area contributed by atoms with Gasteiger partial charge in [0, 0.05) is 5.54 Å². The Morgan fingerprint density at radius 1 is 1.09 bits per heavy atom. The van der Waals surface area contributed by atoms with Crippen LogP contribution >= 0.6 is 17.0 Å². The maximum absolute atomic E-state index is 5.94. The summed E-state index contributed by atoms with van der Waals surface area (Å²) in [4.78, 5) is 0. The summed E-state index contributed by atoms with van der Waals surface area (Å²) in [7, 11) is 0. The number of hydrogen-bond acceptors (Lipinski definition) is 2. The summed E-state index contributed by atoms with van der Waals surface area (Å²) in [5.41, 5.74) is 11.4. The third kappa shape index (κ3) is 4.09. The van der Waals surface area contributed by atoms with Crippen LogP contribution in [-0.2, 0) is 0 Å². The quantitative estimate of drug-likeness (QED) is 0.767. The van der Waals surface area contributed by atoms with Crippen LogP contribution in [0.5, 0.6) is 0 Å². The molecule has 0 fully saturated rings. The van der Waals surface area contributed by atoms with Crippen molar-refractivity contribution in [3.05, 3.63) is 0 Å². The average Bonchev–Trinajstić information content (AvgIpc) is 1.61. The first-order valence-corrected chi connectivity index (χ1v) is 3.80. The molecule has 0 radical (unpaired) electrons. The predicted octanol–water partition coefficient (Wildman–Crippen LogP) is 1.68. The third-order valence-corrected chi connectivity index (χ3v) is 2.51. The van der Waals surface area contributed by atoms with E-state index in [4.69, 9.17) is 11.5 Å². The third-order valence-electron chi connectivity index (χ3n) is 2.51. The van der Waals surface area contributed by atoms with E-state index in [1.807, 2.05) is 13.8 Å². The van der Waals surface area contributed by atoms with Gasteiger partial charge >= 0.3 is 0 Å². The first-order chi connectivity index (χ1) is 4.31. The summed E-state index contributed by atoms with van der Waals surface area (Å²) in [6.45, 7) is 9.11. The highest BCUT2D eigenvalue weighted by atomic mass is 79.9. The molecule has 0 atom stereocenters. The van der Waals surface area contributed by atoms with E-state index in [0.717, 1.165) is 6.42 Å². The minimum absolute atomic E-state index is 0. The molecule has 0 unspecified atom stereocenters. The number of hydrogen-bond donors (Lipinski definition) is 2. The number of nitrogens with two attached hydrogens (primary N) is 2. The van der Waals surface area contributed by atoms with Crippen LogP contribution in [0.3, 0.4) is 0 Å². The molecule has 0 amide bonds. The molecule has 70 valence electrons. The maximum atomic E-state index is 5.94. The van der Waals surface area contributed by atoms with Crippen molar-refractivity contribution in [2.75, 3.05) is 6.54 Å². The molecule has 0 aromatic carbocycles. The Kier molecular flexibility index (Phi) is 5.62. The number of halogens is 1. The van der Waals surface area contributed by atoms with E-state index in [1.165, 1.54) is 0 Å². The van der Waals surface area contributed by atoms with Crippen LogP contribution in [0.4, 0.5) is 0 Å². The molecule has 0 saturated heterocycles. The molecule has 11 heavy (non-hydrogen) atoms. The lowest BCUT2D eigenvalue weighted by Crippen LogP contribution is -2.48. The van der Waals surface area contributed by atoms with Crippen molar-refractivity contribution in [2.24, 2.45) is 16.9 Å². The molecule has 2 nitrogen and oxygen atoms in total. The molecular formula is C8H21BrN2. The lowest BCUT2D eigenvalue weighted by atomic mass is 9.73. The van der Waals surface area contributed by atoms with Crippen LogP contribution in [-0.4, -0.2) is 12.1 Å².